The summed E-state index contributed by atoms with van der Waals surface area (Å²) < 4.78 is 39.2. The Labute approximate surface area is 170 Å². The number of carbonyl (C=O) groups is 1. The lowest BCUT2D eigenvalue weighted by Crippen LogP contribution is -2.30. The van der Waals surface area contributed by atoms with Gasteiger partial charge in [0, 0.05) is 19.0 Å². The van der Waals surface area contributed by atoms with Crippen LogP contribution in [0.4, 0.5) is 10.1 Å². The Morgan fingerprint density at radius 1 is 1.21 bits per heavy atom. The third-order valence-electron chi connectivity index (χ3n) is 4.77. The molecule has 1 amide bonds. The highest BCUT2D eigenvalue weighted by atomic mass is 35.5. The first kappa shape index (κ1) is 22.1. The van der Waals surface area contributed by atoms with Crippen molar-refractivity contribution in [3.63, 3.8) is 0 Å². The Balaban J connectivity index is 0.00000280. The average molecular weight is 428 g/mol. The van der Waals surface area contributed by atoms with Crippen LogP contribution in [0.1, 0.15) is 21.8 Å². The van der Waals surface area contributed by atoms with Crippen LogP contribution in [0.15, 0.2) is 48.5 Å². The SMILES string of the molecule is CS(=O)(=O)Nc1ccc(F)cc1C(=O)N1C[C@@H](CN)[C@H](c2ccccc2)C1.Cl. The van der Waals surface area contributed by atoms with Crippen LogP contribution in [0.3, 0.4) is 0 Å². The van der Waals surface area contributed by atoms with Crippen molar-refractivity contribution in [3.05, 3.63) is 65.5 Å². The second-order valence-electron chi connectivity index (χ2n) is 6.79. The Hall–Kier alpha value is -2.16. The molecule has 1 heterocycles. The Morgan fingerprint density at radius 2 is 1.89 bits per heavy atom. The van der Waals surface area contributed by atoms with Crippen molar-refractivity contribution < 1.29 is 17.6 Å². The summed E-state index contributed by atoms with van der Waals surface area (Å²) in [6, 6.07) is 13.2. The van der Waals surface area contributed by atoms with Crippen LogP contribution in [-0.2, 0) is 10.0 Å². The van der Waals surface area contributed by atoms with Gasteiger partial charge in [-0.3, -0.25) is 9.52 Å². The van der Waals surface area contributed by atoms with E-state index in [4.69, 9.17) is 5.73 Å². The van der Waals surface area contributed by atoms with Crippen LogP contribution in [0, 0.1) is 11.7 Å². The second kappa shape index (κ2) is 8.89. The normalized spacial score (nSPS) is 19.2. The number of hydrogen-bond donors (Lipinski definition) is 2. The van der Waals surface area contributed by atoms with Crippen molar-refractivity contribution in [1.29, 1.82) is 0 Å². The first-order valence-electron chi connectivity index (χ1n) is 8.60. The van der Waals surface area contributed by atoms with E-state index >= 15 is 0 Å². The minimum atomic E-state index is -3.60. The van der Waals surface area contributed by atoms with Gasteiger partial charge < -0.3 is 10.6 Å². The lowest BCUT2D eigenvalue weighted by Gasteiger charge is -2.19. The molecule has 0 aliphatic carbocycles. The standard InChI is InChI=1S/C19H22FN3O3S.ClH/c1-27(25,26)22-18-8-7-15(20)9-16(18)19(24)23-11-14(10-21)17(12-23)13-5-3-2-4-6-13;/h2-9,14,17,22H,10-12,21H2,1H3;1H/t14-,17+;/m1./s1. The summed E-state index contributed by atoms with van der Waals surface area (Å²) in [5, 5.41) is 0. The number of rotatable bonds is 5. The molecule has 152 valence electrons. The summed E-state index contributed by atoms with van der Waals surface area (Å²) in [6.07, 6.45) is 0.982. The maximum absolute atomic E-state index is 13.7. The van der Waals surface area contributed by atoms with E-state index in [1.165, 1.54) is 6.07 Å². The fraction of sp³-hybridized carbons (Fsp3) is 0.316. The number of nitrogens with one attached hydrogen (secondary N) is 1. The smallest absolute Gasteiger partial charge is 0.256 e. The minimum absolute atomic E-state index is 0. The van der Waals surface area contributed by atoms with Crippen LogP contribution in [-0.4, -0.2) is 45.1 Å². The number of sulfonamides is 1. The van der Waals surface area contributed by atoms with Crippen molar-refractivity contribution in [3.8, 4) is 0 Å². The monoisotopic (exact) mass is 427 g/mol. The Bertz CT molecular complexity index is 941. The number of carbonyl (C=O) groups excluding carboxylic acids is 1. The molecule has 3 N–H and O–H groups in total. The van der Waals surface area contributed by atoms with Gasteiger partial charge in [0.2, 0.25) is 10.0 Å². The van der Waals surface area contributed by atoms with Crippen molar-refractivity contribution in [2.24, 2.45) is 11.7 Å². The summed E-state index contributed by atoms with van der Waals surface area (Å²) in [7, 11) is -3.60. The molecule has 2 aromatic carbocycles. The predicted molar refractivity (Wildman–Crippen MR) is 110 cm³/mol. The molecule has 1 fully saturated rings. The molecule has 0 unspecified atom stereocenters. The number of amides is 1. The molecule has 0 bridgehead atoms. The number of likely N-dealkylation sites (tertiary alicyclic amines) is 1. The molecule has 0 radical (unpaired) electrons. The van der Waals surface area contributed by atoms with Gasteiger partial charge in [0.1, 0.15) is 5.82 Å². The summed E-state index contributed by atoms with van der Waals surface area (Å²) in [6.45, 7) is 1.30. The number of anilines is 1. The minimum Gasteiger partial charge on any atom is -0.338 e. The van der Waals surface area contributed by atoms with Gasteiger partial charge in [-0.2, -0.15) is 0 Å². The summed E-state index contributed by atoms with van der Waals surface area (Å²) >= 11 is 0. The number of nitrogens with two attached hydrogens (primary N) is 1. The molecule has 0 saturated carbocycles. The predicted octanol–water partition coefficient (Wildman–Crippen LogP) is 2.43. The van der Waals surface area contributed by atoms with Gasteiger partial charge >= 0.3 is 0 Å². The molecule has 9 heteroatoms. The van der Waals surface area contributed by atoms with Crippen LogP contribution >= 0.6 is 12.4 Å². The molecule has 6 nitrogen and oxygen atoms in total. The fourth-order valence-corrected chi connectivity index (χ4v) is 4.08. The second-order valence-corrected chi connectivity index (χ2v) is 8.54. The molecule has 3 rings (SSSR count). The summed E-state index contributed by atoms with van der Waals surface area (Å²) in [5.41, 5.74) is 7.06. The van der Waals surface area contributed by atoms with Crippen molar-refractivity contribution >= 4 is 34.0 Å². The first-order chi connectivity index (χ1) is 12.8. The van der Waals surface area contributed by atoms with E-state index in [-0.39, 0.29) is 35.5 Å². The van der Waals surface area contributed by atoms with E-state index in [0.717, 1.165) is 24.0 Å². The van der Waals surface area contributed by atoms with Crippen LogP contribution in [0.25, 0.3) is 0 Å². The molecule has 28 heavy (non-hydrogen) atoms. The fourth-order valence-electron chi connectivity index (χ4n) is 3.51. The Morgan fingerprint density at radius 3 is 2.50 bits per heavy atom. The third kappa shape index (κ3) is 5.01. The van der Waals surface area contributed by atoms with E-state index in [9.17, 15) is 17.6 Å². The maximum Gasteiger partial charge on any atom is 0.256 e. The zero-order valence-electron chi connectivity index (χ0n) is 15.3. The largest absolute Gasteiger partial charge is 0.338 e. The third-order valence-corrected chi connectivity index (χ3v) is 5.36. The van der Waals surface area contributed by atoms with Gasteiger partial charge in [0.15, 0.2) is 0 Å². The molecular formula is C19H23ClFN3O3S. The van der Waals surface area contributed by atoms with Crippen LogP contribution in [0.5, 0.6) is 0 Å². The van der Waals surface area contributed by atoms with Crippen molar-refractivity contribution in [2.75, 3.05) is 30.6 Å². The van der Waals surface area contributed by atoms with E-state index < -0.39 is 21.7 Å². The van der Waals surface area contributed by atoms with Gasteiger partial charge in [-0.15, -0.1) is 12.4 Å². The lowest BCUT2D eigenvalue weighted by molar-refractivity contribution is 0.0787. The summed E-state index contributed by atoms with van der Waals surface area (Å²) in [4.78, 5) is 14.6. The molecule has 2 atom stereocenters. The molecule has 2 aromatic rings. The van der Waals surface area contributed by atoms with E-state index in [0.29, 0.717) is 19.6 Å². The van der Waals surface area contributed by atoms with Gasteiger partial charge in [-0.1, -0.05) is 30.3 Å². The van der Waals surface area contributed by atoms with Crippen LogP contribution < -0.4 is 10.5 Å². The maximum atomic E-state index is 13.7. The number of hydrogen-bond acceptors (Lipinski definition) is 4. The molecular weight excluding hydrogens is 405 g/mol. The highest BCUT2D eigenvalue weighted by molar-refractivity contribution is 7.92. The van der Waals surface area contributed by atoms with Gasteiger partial charge in [-0.25, -0.2) is 12.8 Å². The quantitative estimate of drug-likeness (QED) is 0.766. The van der Waals surface area contributed by atoms with Gasteiger partial charge in [-0.05, 0) is 36.2 Å². The lowest BCUT2D eigenvalue weighted by atomic mass is 9.89. The van der Waals surface area contributed by atoms with Gasteiger partial charge in [0.05, 0.1) is 17.5 Å². The average Bonchev–Trinajstić information content (AvgIpc) is 3.06. The van der Waals surface area contributed by atoms with E-state index in [1.807, 2.05) is 30.3 Å². The zero-order valence-corrected chi connectivity index (χ0v) is 17.0. The molecule has 1 aliphatic heterocycles. The molecule has 1 saturated heterocycles. The van der Waals surface area contributed by atoms with Crippen molar-refractivity contribution in [1.82, 2.24) is 4.90 Å². The highest BCUT2D eigenvalue weighted by Crippen LogP contribution is 2.33. The number of halogens is 2. The first-order valence-corrected chi connectivity index (χ1v) is 10.5. The van der Waals surface area contributed by atoms with Gasteiger partial charge in [0.25, 0.3) is 5.91 Å². The Kier molecular flexibility index (Phi) is 7.03. The molecule has 0 spiro atoms. The number of nitrogens with zero attached hydrogens (tertiary/aromatic N) is 1. The molecule has 0 aromatic heterocycles. The van der Waals surface area contributed by atoms with E-state index in [2.05, 4.69) is 4.72 Å². The zero-order chi connectivity index (χ0) is 19.6. The molecule has 1 aliphatic rings. The highest BCUT2D eigenvalue weighted by Gasteiger charge is 2.36. The topological polar surface area (TPSA) is 92.5 Å². The van der Waals surface area contributed by atoms with Crippen LogP contribution in [0.2, 0.25) is 0 Å². The van der Waals surface area contributed by atoms with E-state index in [1.54, 1.807) is 4.90 Å². The van der Waals surface area contributed by atoms with Crippen molar-refractivity contribution in [2.45, 2.75) is 5.92 Å². The number of benzene rings is 2. The summed E-state index contributed by atoms with van der Waals surface area (Å²) in [5.74, 6) is -0.861.